The SMILES string of the molecule is COC(=O)OCOc1c2n(ccc1=O)N1C(c3ccccc3)c3cc(F)c(F)cc3CCCC1N(C)C2=O. The van der Waals surface area contributed by atoms with Gasteiger partial charge in [0.15, 0.2) is 17.3 Å². The molecule has 1 amide bonds. The summed E-state index contributed by atoms with van der Waals surface area (Å²) in [4.78, 5) is 39.3. The van der Waals surface area contributed by atoms with E-state index in [0.29, 0.717) is 30.4 Å². The van der Waals surface area contributed by atoms with Crippen molar-refractivity contribution in [1.82, 2.24) is 9.58 Å². The maximum absolute atomic E-state index is 14.7. The van der Waals surface area contributed by atoms with E-state index >= 15 is 0 Å². The van der Waals surface area contributed by atoms with Crippen LogP contribution in [0.3, 0.4) is 0 Å². The van der Waals surface area contributed by atoms with Crippen molar-refractivity contribution in [3.63, 3.8) is 0 Å². The first-order chi connectivity index (χ1) is 18.3. The lowest BCUT2D eigenvalue weighted by molar-refractivity contribution is 0.0131. The van der Waals surface area contributed by atoms with Crippen LogP contribution in [0.2, 0.25) is 0 Å². The number of rotatable bonds is 4. The Kier molecular flexibility index (Phi) is 6.75. The Bertz CT molecular complexity index is 1440. The van der Waals surface area contributed by atoms with Crippen molar-refractivity contribution in [1.29, 1.82) is 0 Å². The van der Waals surface area contributed by atoms with Crippen molar-refractivity contribution in [3.8, 4) is 5.75 Å². The molecule has 2 aromatic carbocycles. The average molecular weight is 526 g/mol. The Morgan fingerprint density at radius 2 is 1.82 bits per heavy atom. The number of aromatic nitrogens is 1. The quantitative estimate of drug-likeness (QED) is 0.379. The van der Waals surface area contributed by atoms with Crippen LogP contribution in [0.4, 0.5) is 13.6 Å². The molecule has 0 saturated heterocycles. The zero-order valence-corrected chi connectivity index (χ0v) is 20.7. The molecule has 0 aliphatic carbocycles. The van der Waals surface area contributed by atoms with Gasteiger partial charge in [0.05, 0.1) is 13.2 Å². The van der Waals surface area contributed by atoms with Crippen LogP contribution in [-0.2, 0) is 15.9 Å². The number of ether oxygens (including phenoxy) is 3. The molecule has 2 unspecified atom stereocenters. The number of halogens is 2. The summed E-state index contributed by atoms with van der Waals surface area (Å²) < 4.78 is 45.1. The van der Waals surface area contributed by atoms with Crippen LogP contribution >= 0.6 is 0 Å². The zero-order valence-electron chi connectivity index (χ0n) is 20.7. The van der Waals surface area contributed by atoms with Gasteiger partial charge in [-0.25, -0.2) is 13.6 Å². The third kappa shape index (κ3) is 4.33. The first-order valence-corrected chi connectivity index (χ1v) is 12.0. The van der Waals surface area contributed by atoms with Gasteiger partial charge in [-0.1, -0.05) is 30.3 Å². The highest BCUT2D eigenvalue weighted by Crippen LogP contribution is 2.39. The summed E-state index contributed by atoms with van der Waals surface area (Å²) in [6, 6.07) is 12.3. The standard InChI is InChI=1S/C27H25F2N3O6/c1-30-22-10-6-9-17-13-19(28)20(29)14-18(17)23(16-7-4-3-5-8-16)32(22)31-12-11-21(33)25(24(31)26(30)34)37-15-38-27(35)36-2/h3-5,7-8,11-14,22-23H,6,9-10,15H2,1-2H3. The van der Waals surface area contributed by atoms with Gasteiger partial charge in [0, 0.05) is 19.3 Å². The molecule has 0 spiro atoms. The molecule has 11 heteroatoms. The monoisotopic (exact) mass is 525 g/mol. The normalized spacial score (nSPS) is 18.5. The van der Waals surface area contributed by atoms with E-state index in [0.717, 1.165) is 12.7 Å². The number of methoxy groups -OCH3 is 1. The van der Waals surface area contributed by atoms with Crippen LogP contribution in [0.25, 0.3) is 0 Å². The van der Waals surface area contributed by atoms with Crippen molar-refractivity contribution in [2.24, 2.45) is 0 Å². The third-order valence-electron chi connectivity index (χ3n) is 6.87. The van der Waals surface area contributed by atoms with E-state index in [1.165, 1.54) is 34.0 Å². The molecule has 2 atom stereocenters. The fourth-order valence-electron chi connectivity index (χ4n) is 5.14. The lowest BCUT2D eigenvalue weighted by Gasteiger charge is -2.50. The van der Waals surface area contributed by atoms with Gasteiger partial charge in [-0.3, -0.25) is 19.3 Å². The predicted octanol–water partition coefficient (Wildman–Crippen LogP) is 3.72. The minimum atomic E-state index is -1.02. The third-order valence-corrected chi connectivity index (χ3v) is 6.87. The molecule has 38 heavy (non-hydrogen) atoms. The Hall–Kier alpha value is -4.41. The van der Waals surface area contributed by atoms with Gasteiger partial charge >= 0.3 is 6.16 Å². The molecule has 0 saturated carbocycles. The number of pyridine rings is 1. The van der Waals surface area contributed by atoms with Crippen LogP contribution < -0.4 is 15.2 Å². The molecule has 0 radical (unpaired) electrons. The number of hydrogen-bond donors (Lipinski definition) is 0. The van der Waals surface area contributed by atoms with Crippen molar-refractivity contribution in [2.75, 3.05) is 26.0 Å². The van der Waals surface area contributed by atoms with Crippen molar-refractivity contribution < 1.29 is 32.6 Å². The maximum Gasteiger partial charge on any atom is 0.510 e. The molecule has 2 aliphatic rings. The van der Waals surface area contributed by atoms with E-state index in [1.54, 1.807) is 7.05 Å². The van der Waals surface area contributed by atoms with Crippen LogP contribution in [0.5, 0.6) is 5.75 Å². The number of carbonyl (C=O) groups excluding carboxylic acids is 2. The summed E-state index contributed by atoms with van der Waals surface area (Å²) in [7, 11) is 2.74. The predicted molar refractivity (Wildman–Crippen MR) is 131 cm³/mol. The smallest absolute Gasteiger partial charge is 0.451 e. The van der Waals surface area contributed by atoms with Gasteiger partial charge in [0.25, 0.3) is 5.91 Å². The highest BCUT2D eigenvalue weighted by molar-refractivity contribution is 5.96. The van der Waals surface area contributed by atoms with Crippen LogP contribution in [0.1, 0.15) is 46.1 Å². The molecule has 198 valence electrons. The van der Waals surface area contributed by atoms with Gasteiger partial charge in [-0.05, 0) is 48.1 Å². The second kappa shape index (κ2) is 10.2. The molecule has 1 aromatic heterocycles. The molecule has 0 bridgehead atoms. The Morgan fingerprint density at radius 1 is 1.08 bits per heavy atom. The Balaban J connectivity index is 1.73. The summed E-state index contributed by atoms with van der Waals surface area (Å²) in [6.45, 7) is -0.658. The zero-order chi connectivity index (χ0) is 27.0. The molecular formula is C27H25F2N3O6. The van der Waals surface area contributed by atoms with Gasteiger partial charge < -0.3 is 19.1 Å². The first-order valence-electron chi connectivity index (χ1n) is 12.0. The molecule has 0 fully saturated rings. The van der Waals surface area contributed by atoms with Crippen LogP contribution in [0.15, 0.2) is 59.5 Å². The molecule has 9 nitrogen and oxygen atoms in total. The van der Waals surface area contributed by atoms with Crippen LogP contribution in [0, 0.1) is 11.6 Å². The second-order valence-electron chi connectivity index (χ2n) is 9.01. The minimum absolute atomic E-state index is 0.0876. The first kappa shape index (κ1) is 25.2. The summed E-state index contributed by atoms with van der Waals surface area (Å²) in [5, 5.41) is 1.87. The highest BCUT2D eigenvalue weighted by Gasteiger charge is 2.43. The van der Waals surface area contributed by atoms with Gasteiger partial charge in [0.2, 0.25) is 18.0 Å². The average Bonchev–Trinajstić information content (AvgIpc) is 2.91. The van der Waals surface area contributed by atoms with Crippen molar-refractivity contribution in [3.05, 3.63) is 99.0 Å². The molecular weight excluding hydrogens is 500 g/mol. The topological polar surface area (TPSA) is 90.3 Å². The fraction of sp³-hybridized carbons (Fsp3) is 0.296. The lowest BCUT2D eigenvalue weighted by Crippen LogP contribution is -2.61. The van der Waals surface area contributed by atoms with E-state index in [-0.39, 0.29) is 11.4 Å². The summed E-state index contributed by atoms with van der Waals surface area (Å²) in [5.74, 6) is -2.70. The number of carbonyl (C=O) groups is 2. The summed E-state index contributed by atoms with van der Waals surface area (Å²) >= 11 is 0. The van der Waals surface area contributed by atoms with E-state index in [4.69, 9.17) is 9.47 Å². The van der Waals surface area contributed by atoms with E-state index in [9.17, 15) is 23.2 Å². The fourth-order valence-corrected chi connectivity index (χ4v) is 5.14. The summed E-state index contributed by atoms with van der Waals surface area (Å²) in [5.41, 5.74) is 1.29. The number of amides is 1. The summed E-state index contributed by atoms with van der Waals surface area (Å²) in [6.07, 6.45) is 1.58. The maximum atomic E-state index is 14.7. The molecule has 5 rings (SSSR count). The molecule has 3 heterocycles. The van der Waals surface area contributed by atoms with E-state index in [2.05, 4.69) is 4.74 Å². The van der Waals surface area contributed by atoms with Crippen molar-refractivity contribution >= 4 is 12.1 Å². The van der Waals surface area contributed by atoms with Gasteiger partial charge in [0.1, 0.15) is 6.17 Å². The van der Waals surface area contributed by atoms with Gasteiger partial charge in [-0.15, -0.1) is 0 Å². The van der Waals surface area contributed by atoms with E-state index < -0.39 is 48.1 Å². The van der Waals surface area contributed by atoms with Crippen molar-refractivity contribution in [2.45, 2.75) is 31.5 Å². The molecule has 0 N–H and O–H groups in total. The number of nitrogens with zero attached hydrogens (tertiary/aromatic N) is 3. The number of fused-ring (bicyclic) bond motifs is 4. The highest BCUT2D eigenvalue weighted by atomic mass is 19.2. The Labute approximate surface area is 216 Å². The lowest BCUT2D eigenvalue weighted by atomic mass is 9.88. The number of benzene rings is 2. The second-order valence-corrected chi connectivity index (χ2v) is 9.01. The molecule has 3 aromatic rings. The molecule has 2 aliphatic heterocycles. The minimum Gasteiger partial charge on any atom is -0.451 e. The largest absolute Gasteiger partial charge is 0.510 e. The number of hydrogen-bond acceptors (Lipinski definition) is 7. The van der Waals surface area contributed by atoms with Gasteiger partial charge in [-0.2, -0.15) is 0 Å². The van der Waals surface area contributed by atoms with E-state index in [1.807, 2.05) is 35.3 Å². The Morgan fingerprint density at radius 3 is 2.55 bits per heavy atom. The van der Waals surface area contributed by atoms with Crippen LogP contribution in [-0.4, -0.2) is 48.8 Å². The number of aryl methyl sites for hydroxylation is 1.